The van der Waals surface area contributed by atoms with Crippen LogP contribution in [0.15, 0.2) is 0 Å². The summed E-state index contributed by atoms with van der Waals surface area (Å²) < 4.78 is 0. The Labute approximate surface area is 114 Å². The van der Waals surface area contributed by atoms with Gasteiger partial charge in [-0.15, -0.1) is 0 Å². The minimum Gasteiger partial charge on any atom is -0.480 e. The maximum Gasteiger partial charge on any atom is 0.326 e. The van der Waals surface area contributed by atoms with Crippen LogP contribution in [0.2, 0.25) is 0 Å². The number of carboxylic acids is 1. The standard InChI is InChI=1S/C14H25NO4/c1-4-5-6-7-13(17)15-11(14(18)19)8-9-12(16)10(2)3/h10-11H,4-9H2,1-3H3,(H,15,17)(H,18,19). The van der Waals surface area contributed by atoms with Crippen molar-refractivity contribution < 1.29 is 19.5 Å². The third-order valence-electron chi connectivity index (χ3n) is 2.96. The molecule has 0 aromatic rings. The van der Waals surface area contributed by atoms with E-state index < -0.39 is 12.0 Å². The maximum absolute atomic E-state index is 11.6. The Balaban J connectivity index is 4.15. The van der Waals surface area contributed by atoms with E-state index >= 15 is 0 Å². The third kappa shape index (κ3) is 8.35. The molecule has 0 saturated heterocycles. The van der Waals surface area contributed by atoms with Crippen LogP contribution < -0.4 is 5.32 Å². The fraction of sp³-hybridized carbons (Fsp3) is 0.786. The molecule has 19 heavy (non-hydrogen) atoms. The molecule has 0 aromatic heterocycles. The lowest BCUT2D eigenvalue weighted by molar-refractivity contribution is -0.142. The number of nitrogens with one attached hydrogen (secondary N) is 1. The second-order valence-electron chi connectivity index (χ2n) is 5.08. The largest absolute Gasteiger partial charge is 0.480 e. The van der Waals surface area contributed by atoms with Gasteiger partial charge in [-0.05, 0) is 12.8 Å². The zero-order valence-electron chi connectivity index (χ0n) is 12.1. The molecular formula is C14H25NO4. The Morgan fingerprint density at radius 1 is 1.11 bits per heavy atom. The Morgan fingerprint density at radius 2 is 1.74 bits per heavy atom. The number of unbranched alkanes of at least 4 members (excludes halogenated alkanes) is 2. The topological polar surface area (TPSA) is 83.5 Å². The highest BCUT2D eigenvalue weighted by Crippen LogP contribution is 2.06. The van der Waals surface area contributed by atoms with Gasteiger partial charge in [0.15, 0.2) is 0 Å². The number of carbonyl (C=O) groups excluding carboxylic acids is 2. The summed E-state index contributed by atoms with van der Waals surface area (Å²) in [6.45, 7) is 5.60. The molecule has 0 aliphatic carbocycles. The van der Waals surface area contributed by atoms with Gasteiger partial charge in [-0.2, -0.15) is 0 Å². The summed E-state index contributed by atoms with van der Waals surface area (Å²) in [4.78, 5) is 34.0. The van der Waals surface area contributed by atoms with Gasteiger partial charge in [0.1, 0.15) is 11.8 Å². The normalized spacial score (nSPS) is 12.2. The van der Waals surface area contributed by atoms with E-state index in [4.69, 9.17) is 5.11 Å². The molecule has 1 atom stereocenters. The van der Waals surface area contributed by atoms with Crippen molar-refractivity contribution in [3.05, 3.63) is 0 Å². The van der Waals surface area contributed by atoms with Crippen LogP contribution in [0.5, 0.6) is 0 Å². The Bertz CT molecular complexity index is 313. The van der Waals surface area contributed by atoms with Gasteiger partial charge in [0.2, 0.25) is 5.91 Å². The molecule has 0 radical (unpaired) electrons. The number of hydrogen-bond donors (Lipinski definition) is 2. The highest BCUT2D eigenvalue weighted by atomic mass is 16.4. The average Bonchev–Trinajstić information content (AvgIpc) is 2.33. The molecule has 0 aromatic carbocycles. The zero-order chi connectivity index (χ0) is 14.8. The summed E-state index contributed by atoms with van der Waals surface area (Å²) in [6.07, 6.45) is 3.42. The van der Waals surface area contributed by atoms with Crippen molar-refractivity contribution in [2.45, 2.75) is 65.3 Å². The van der Waals surface area contributed by atoms with Gasteiger partial charge in [0.25, 0.3) is 0 Å². The van der Waals surface area contributed by atoms with E-state index in [1.807, 2.05) is 6.92 Å². The predicted octanol–water partition coefficient (Wildman–Crippen LogP) is 2.14. The van der Waals surface area contributed by atoms with E-state index in [2.05, 4.69) is 5.32 Å². The number of carbonyl (C=O) groups is 3. The number of ketones is 1. The third-order valence-corrected chi connectivity index (χ3v) is 2.96. The number of Topliss-reactive ketones (excluding diaryl/α,β-unsaturated/α-hetero) is 1. The fourth-order valence-electron chi connectivity index (χ4n) is 1.63. The van der Waals surface area contributed by atoms with Gasteiger partial charge in [-0.3, -0.25) is 9.59 Å². The first-order valence-corrected chi connectivity index (χ1v) is 6.93. The van der Waals surface area contributed by atoms with E-state index in [1.165, 1.54) is 0 Å². The number of aliphatic carboxylic acids is 1. The summed E-state index contributed by atoms with van der Waals surface area (Å²) in [5, 5.41) is 11.5. The van der Waals surface area contributed by atoms with Crippen molar-refractivity contribution in [2.24, 2.45) is 5.92 Å². The minimum atomic E-state index is -1.08. The maximum atomic E-state index is 11.6. The molecule has 0 saturated carbocycles. The highest BCUT2D eigenvalue weighted by Gasteiger charge is 2.21. The van der Waals surface area contributed by atoms with Crippen LogP contribution in [0.4, 0.5) is 0 Å². The number of hydrogen-bond acceptors (Lipinski definition) is 3. The quantitative estimate of drug-likeness (QED) is 0.596. The molecule has 1 amide bonds. The van der Waals surface area contributed by atoms with E-state index in [0.29, 0.717) is 6.42 Å². The minimum absolute atomic E-state index is 0.0199. The van der Waals surface area contributed by atoms with Crippen LogP contribution >= 0.6 is 0 Å². The van der Waals surface area contributed by atoms with Crippen molar-refractivity contribution in [3.8, 4) is 0 Å². The summed E-state index contributed by atoms with van der Waals surface area (Å²) in [5.74, 6) is -1.42. The van der Waals surface area contributed by atoms with Crippen molar-refractivity contribution in [1.29, 1.82) is 0 Å². The first-order chi connectivity index (χ1) is 8.88. The second kappa shape index (κ2) is 9.53. The molecule has 0 fully saturated rings. The fourth-order valence-corrected chi connectivity index (χ4v) is 1.63. The number of amides is 1. The molecule has 1 unspecified atom stereocenters. The summed E-state index contributed by atoms with van der Waals surface area (Å²) in [5.41, 5.74) is 0. The van der Waals surface area contributed by atoms with Gasteiger partial charge in [-0.1, -0.05) is 33.6 Å². The average molecular weight is 271 g/mol. The van der Waals surface area contributed by atoms with Gasteiger partial charge in [-0.25, -0.2) is 4.79 Å². The lowest BCUT2D eigenvalue weighted by Gasteiger charge is -2.14. The first-order valence-electron chi connectivity index (χ1n) is 6.93. The monoisotopic (exact) mass is 271 g/mol. The molecule has 0 heterocycles. The molecular weight excluding hydrogens is 246 g/mol. The zero-order valence-corrected chi connectivity index (χ0v) is 12.1. The van der Waals surface area contributed by atoms with Crippen molar-refractivity contribution >= 4 is 17.7 Å². The summed E-state index contributed by atoms with van der Waals surface area (Å²) >= 11 is 0. The number of carboxylic acid groups (broad SMARTS) is 1. The van der Waals surface area contributed by atoms with Crippen LogP contribution in [0, 0.1) is 5.92 Å². The van der Waals surface area contributed by atoms with Crippen molar-refractivity contribution in [3.63, 3.8) is 0 Å². The highest BCUT2D eigenvalue weighted by molar-refractivity contribution is 5.85. The van der Waals surface area contributed by atoms with Crippen LogP contribution in [0.25, 0.3) is 0 Å². The smallest absolute Gasteiger partial charge is 0.326 e. The second-order valence-corrected chi connectivity index (χ2v) is 5.08. The lowest BCUT2D eigenvalue weighted by atomic mass is 10.0. The molecule has 2 N–H and O–H groups in total. The molecule has 110 valence electrons. The lowest BCUT2D eigenvalue weighted by Crippen LogP contribution is -2.41. The van der Waals surface area contributed by atoms with Gasteiger partial charge in [0.05, 0.1) is 0 Å². The van der Waals surface area contributed by atoms with Crippen LogP contribution in [0.1, 0.15) is 59.3 Å². The Hall–Kier alpha value is -1.39. The SMILES string of the molecule is CCCCCC(=O)NC(CCC(=O)C(C)C)C(=O)O. The first kappa shape index (κ1) is 17.6. The molecule has 5 heteroatoms. The Morgan fingerprint density at radius 3 is 2.21 bits per heavy atom. The van der Waals surface area contributed by atoms with Gasteiger partial charge >= 0.3 is 5.97 Å². The van der Waals surface area contributed by atoms with E-state index in [1.54, 1.807) is 13.8 Å². The van der Waals surface area contributed by atoms with Crippen molar-refractivity contribution in [1.82, 2.24) is 5.32 Å². The van der Waals surface area contributed by atoms with Crippen LogP contribution in [-0.4, -0.2) is 28.8 Å². The molecule has 5 nitrogen and oxygen atoms in total. The number of rotatable bonds is 10. The summed E-state index contributed by atoms with van der Waals surface area (Å²) in [6, 6.07) is -0.961. The predicted molar refractivity (Wildman–Crippen MR) is 72.8 cm³/mol. The van der Waals surface area contributed by atoms with Gasteiger partial charge in [0, 0.05) is 18.8 Å². The van der Waals surface area contributed by atoms with Gasteiger partial charge < -0.3 is 10.4 Å². The van der Waals surface area contributed by atoms with E-state index in [0.717, 1.165) is 19.3 Å². The molecule has 0 aliphatic heterocycles. The summed E-state index contributed by atoms with van der Waals surface area (Å²) in [7, 11) is 0. The van der Waals surface area contributed by atoms with Crippen molar-refractivity contribution in [2.75, 3.05) is 0 Å². The Kier molecular flexibility index (Phi) is 8.83. The molecule has 0 rings (SSSR count). The molecule has 0 aliphatic rings. The van der Waals surface area contributed by atoms with E-state index in [9.17, 15) is 14.4 Å². The molecule has 0 bridgehead atoms. The van der Waals surface area contributed by atoms with Crippen LogP contribution in [0.3, 0.4) is 0 Å². The van der Waals surface area contributed by atoms with Crippen LogP contribution in [-0.2, 0) is 14.4 Å². The molecule has 0 spiro atoms. The van der Waals surface area contributed by atoms with E-state index in [-0.39, 0.29) is 30.4 Å².